The summed E-state index contributed by atoms with van der Waals surface area (Å²) in [4.78, 5) is 19.4. The molecule has 1 aliphatic rings. The zero-order valence-electron chi connectivity index (χ0n) is 16.3. The Bertz CT molecular complexity index is 1010. The Morgan fingerprint density at radius 3 is 2.93 bits per heavy atom. The van der Waals surface area contributed by atoms with Crippen LogP contribution in [0.3, 0.4) is 0 Å². The normalized spacial score (nSPS) is 14.8. The summed E-state index contributed by atoms with van der Waals surface area (Å²) in [6.45, 7) is 3.31. The molecule has 0 bridgehead atoms. The molecule has 1 aliphatic heterocycles. The monoisotopic (exact) mass is 397 g/mol. The van der Waals surface area contributed by atoms with E-state index in [9.17, 15) is 9.18 Å². The summed E-state index contributed by atoms with van der Waals surface area (Å²) in [6.07, 6.45) is 5.95. The highest BCUT2D eigenvalue weighted by Crippen LogP contribution is 2.32. The lowest BCUT2D eigenvalue weighted by atomic mass is 10.1. The minimum absolute atomic E-state index is 0.0141. The van der Waals surface area contributed by atoms with Gasteiger partial charge in [-0.3, -0.25) is 4.79 Å². The first-order chi connectivity index (χ1) is 14.1. The van der Waals surface area contributed by atoms with Crippen LogP contribution in [0.2, 0.25) is 0 Å². The number of nitrogens with one attached hydrogen (secondary N) is 2. The van der Waals surface area contributed by atoms with Crippen LogP contribution in [0.5, 0.6) is 11.5 Å². The second-order valence-corrected chi connectivity index (χ2v) is 7.33. The van der Waals surface area contributed by atoms with Gasteiger partial charge in [-0.2, -0.15) is 0 Å². The van der Waals surface area contributed by atoms with Crippen LogP contribution in [0, 0.1) is 12.7 Å². The first-order valence-electron chi connectivity index (χ1n) is 9.86. The topological polar surface area (TPSA) is 76.2 Å². The standard InChI is InChI=1S/C22H24FN3O3/c1-14-13-25-22-21(14)19(6-9-24-22)29-18-4-2-15(12-17(18)23)3-5-20(27)26-16-7-10-28-11-8-16/h2,4,6,9,12-13,16H,3,5,7-8,10-11H2,1H3,(H,24,25)(H,26,27). The maximum Gasteiger partial charge on any atom is 0.220 e. The Morgan fingerprint density at radius 1 is 1.31 bits per heavy atom. The van der Waals surface area contributed by atoms with Crippen molar-refractivity contribution in [3.8, 4) is 11.5 Å². The number of rotatable bonds is 6. The molecule has 1 saturated heterocycles. The third-order valence-electron chi connectivity index (χ3n) is 5.18. The van der Waals surface area contributed by atoms with Crippen molar-refractivity contribution in [1.29, 1.82) is 0 Å². The molecule has 2 aromatic heterocycles. The molecule has 0 aliphatic carbocycles. The number of amides is 1. The van der Waals surface area contributed by atoms with E-state index in [2.05, 4.69) is 15.3 Å². The third kappa shape index (κ3) is 4.56. The number of hydrogen-bond acceptors (Lipinski definition) is 4. The fourth-order valence-electron chi connectivity index (χ4n) is 3.57. The minimum atomic E-state index is -0.453. The van der Waals surface area contributed by atoms with E-state index in [4.69, 9.17) is 9.47 Å². The first-order valence-corrected chi connectivity index (χ1v) is 9.86. The van der Waals surface area contributed by atoms with Gasteiger partial charge in [0.2, 0.25) is 5.91 Å². The Hall–Kier alpha value is -2.93. The summed E-state index contributed by atoms with van der Waals surface area (Å²) in [6, 6.07) is 6.73. The fraction of sp³-hybridized carbons (Fsp3) is 0.364. The number of benzene rings is 1. The minimum Gasteiger partial charge on any atom is -0.453 e. The highest BCUT2D eigenvalue weighted by molar-refractivity contribution is 5.86. The number of H-pyrrole nitrogens is 1. The van der Waals surface area contributed by atoms with Gasteiger partial charge < -0.3 is 19.8 Å². The van der Waals surface area contributed by atoms with Gasteiger partial charge in [-0.25, -0.2) is 9.37 Å². The number of hydrogen-bond donors (Lipinski definition) is 2. The van der Waals surface area contributed by atoms with Crippen molar-refractivity contribution >= 4 is 16.9 Å². The Balaban J connectivity index is 1.38. The van der Waals surface area contributed by atoms with Crippen molar-refractivity contribution in [3.63, 3.8) is 0 Å². The van der Waals surface area contributed by atoms with Crippen molar-refractivity contribution in [2.45, 2.75) is 38.6 Å². The molecule has 7 heteroatoms. The molecule has 3 aromatic rings. The predicted octanol–water partition coefficient (Wildman–Crippen LogP) is 4.03. The third-order valence-corrected chi connectivity index (χ3v) is 5.18. The maximum atomic E-state index is 14.6. The zero-order valence-corrected chi connectivity index (χ0v) is 16.3. The Labute approximate surface area is 168 Å². The number of pyridine rings is 1. The van der Waals surface area contributed by atoms with E-state index < -0.39 is 5.82 Å². The van der Waals surface area contributed by atoms with Crippen LogP contribution in [-0.4, -0.2) is 35.1 Å². The number of nitrogens with zero attached hydrogens (tertiary/aromatic N) is 1. The summed E-state index contributed by atoms with van der Waals surface area (Å²) in [5.74, 6) is 0.231. The van der Waals surface area contributed by atoms with Gasteiger partial charge in [0.1, 0.15) is 11.4 Å². The molecule has 3 heterocycles. The molecule has 4 rings (SSSR count). The lowest BCUT2D eigenvalue weighted by Gasteiger charge is -2.23. The van der Waals surface area contributed by atoms with Crippen molar-refractivity contribution in [3.05, 3.63) is 53.6 Å². The van der Waals surface area contributed by atoms with Crippen LogP contribution in [0.15, 0.2) is 36.7 Å². The number of halogens is 1. The van der Waals surface area contributed by atoms with Crippen LogP contribution in [0.25, 0.3) is 11.0 Å². The molecular formula is C22H24FN3O3. The van der Waals surface area contributed by atoms with E-state index in [-0.39, 0.29) is 17.7 Å². The van der Waals surface area contributed by atoms with E-state index >= 15 is 0 Å². The number of aromatic nitrogens is 2. The summed E-state index contributed by atoms with van der Waals surface area (Å²) >= 11 is 0. The van der Waals surface area contributed by atoms with E-state index in [0.717, 1.165) is 29.4 Å². The number of carbonyl (C=O) groups is 1. The molecule has 6 nitrogen and oxygen atoms in total. The number of carbonyl (C=O) groups excluding carboxylic acids is 1. The average molecular weight is 397 g/mol. The lowest BCUT2D eigenvalue weighted by molar-refractivity contribution is -0.122. The van der Waals surface area contributed by atoms with Gasteiger partial charge in [0, 0.05) is 38.1 Å². The quantitative estimate of drug-likeness (QED) is 0.658. The molecular weight excluding hydrogens is 373 g/mol. The van der Waals surface area contributed by atoms with Crippen molar-refractivity contribution in [1.82, 2.24) is 15.3 Å². The maximum absolute atomic E-state index is 14.6. The van der Waals surface area contributed by atoms with Gasteiger partial charge in [0.25, 0.3) is 0 Å². The van der Waals surface area contributed by atoms with Crippen LogP contribution >= 0.6 is 0 Å². The number of aryl methyl sites for hydroxylation is 2. The van der Waals surface area contributed by atoms with Crippen molar-refractivity contribution in [2.75, 3.05) is 13.2 Å². The van der Waals surface area contributed by atoms with E-state index in [0.29, 0.717) is 37.5 Å². The fourth-order valence-corrected chi connectivity index (χ4v) is 3.57. The van der Waals surface area contributed by atoms with Crippen LogP contribution < -0.4 is 10.1 Å². The number of aromatic amines is 1. The highest BCUT2D eigenvalue weighted by Gasteiger charge is 2.16. The van der Waals surface area contributed by atoms with Crippen molar-refractivity contribution in [2.24, 2.45) is 0 Å². The molecule has 0 atom stereocenters. The summed E-state index contributed by atoms with van der Waals surface area (Å²) < 4.78 is 25.7. The van der Waals surface area contributed by atoms with E-state index in [1.807, 2.05) is 13.1 Å². The SMILES string of the molecule is Cc1c[nH]c2nccc(Oc3ccc(CCC(=O)NC4CCOCC4)cc3F)c12. The molecule has 0 unspecified atom stereocenters. The molecule has 2 N–H and O–H groups in total. The van der Waals surface area contributed by atoms with Gasteiger partial charge in [-0.1, -0.05) is 6.07 Å². The van der Waals surface area contributed by atoms with Crippen LogP contribution in [0.4, 0.5) is 4.39 Å². The highest BCUT2D eigenvalue weighted by atomic mass is 19.1. The second kappa shape index (κ2) is 8.61. The molecule has 29 heavy (non-hydrogen) atoms. The van der Waals surface area contributed by atoms with Crippen LogP contribution in [-0.2, 0) is 16.0 Å². The molecule has 1 aromatic carbocycles. The predicted molar refractivity (Wildman–Crippen MR) is 108 cm³/mol. The van der Waals surface area contributed by atoms with Crippen molar-refractivity contribution < 1.29 is 18.7 Å². The van der Waals surface area contributed by atoms with Gasteiger partial charge in [-0.05, 0) is 55.5 Å². The molecule has 0 saturated carbocycles. The van der Waals surface area contributed by atoms with Gasteiger partial charge in [-0.15, -0.1) is 0 Å². The van der Waals surface area contributed by atoms with E-state index in [1.165, 1.54) is 6.07 Å². The number of ether oxygens (including phenoxy) is 2. The van der Waals surface area contributed by atoms with Gasteiger partial charge in [0.15, 0.2) is 11.6 Å². The van der Waals surface area contributed by atoms with Crippen LogP contribution in [0.1, 0.15) is 30.4 Å². The van der Waals surface area contributed by atoms with Gasteiger partial charge >= 0.3 is 0 Å². The molecule has 1 amide bonds. The second-order valence-electron chi connectivity index (χ2n) is 7.33. The smallest absolute Gasteiger partial charge is 0.220 e. The Morgan fingerprint density at radius 2 is 2.14 bits per heavy atom. The first kappa shape index (κ1) is 19.4. The summed E-state index contributed by atoms with van der Waals surface area (Å²) in [7, 11) is 0. The molecule has 1 fully saturated rings. The Kier molecular flexibility index (Phi) is 5.76. The molecule has 0 spiro atoms. The lowest BCUT2D eigenvalue weighted by Crippen LogP contribution is -2.38. The summed E-state index contributed by atoms with van der Waals surface area (Å²) in [5.41, 5.74) is 2.44. The summed E-state index contributed by atoms with van der Waals surface area (Å²) in [5, 5.41) is 3.86. The van der Waals surface area contributed by atoms with Gasteiger partial charge in [0.05, 0.1) is 5.39 Å². The zero-order chi connectivity index (χ0) is 20.2. The molecule has 152 valence electrons. The average Bonchev–Trinajstić information content (AvgIpc) is 3.11. The largest absolute Gasteiger partial charge is 0.453 e. The molecule has 0 radical (unpaired) electrons. The van der Waals surface area contributed by atoms with E-state index in [1.54, 1.807) is 24.4 Å². The number of fused-ring (bicyclic) bond motifs is 1.